The molecule has 1 amide bonds. The van der Waals surface area contributed by atoms with E-state index < -0.39 is 7.94 Å². The maximum absolute atomic E-state index is 13.2. The standard InChI is InChI=1S/C25H29FN2O5P/c1-3-25(2)16-31-34(30,32-17-25)15-18-4-11-22(12-5-18)28-23(29)13-8-20-14-27-33-24(20)19-6-9-21(26)10-7-19/h4-7,9-12,14,30H,3,8,13,15-17H2,1-2H3,(H,28,29). The van der Waals surface area contributed by atoms with Crippen LogP contribution in [-0.2, 0) is 26.4 Å². The highest BCUT2D eigenvalue weighted by Crippen LogP contribution is 2.63. The Morgan fingerprint density at radius 2 is 1.82 bits per heavy atom. The van der Waals surface area contributed by atoms with Crippen LogP contribution in [0.5, 0.6) is 0 Å². The van der Waals surface area contributed by atoms with Crippen LogP contribution in [0.15, 0.2) is 59.3 Å². The fourth-order valence-electron chi connectivity index (χ4n) is 3.56. The molecular weight excluding hydrogens is 458 g/mol. The zero-order valence-corrected chi connectivity index (χ0v) is 20.2. The number of anilines is 1. The van der Waals surface area contributed by atoms with Crippen LogP contribution in [0.2, 0.25) is 0 Å². The molecule has 1 aromatic heterocycles. The van der Waals surface area contributed by atoms with Crippen molar-refractivity contribution in [2.75, 3.05) is 18.5 Å². The molecule has 1 saturated heterocycles. The van der Waals surface area contributed by atoms with E-state index >= 15 is 0 Å². The minimum atomic E-state index is -2.92. The van der Waals surface area contributed by atoms with E-state index in [4.69, 9.17) is 13.6 Å². The third-order valence-corrected chi connectivity index (χ3v) is 7.90. The van der Waals surface area contributed by atoms with Crippen molar-refractivity contribution in [2.45, 2.75) is 39.3 Å². The minimum Gasteiger partial charge on any atom is -0.356 e. The third-order valence-electron chi connectivity index (χ3n) is 6.08. The lowest BCUT2D eigenvalue weighted by Crippen LogP contribution is -2.33. The van der Waals surface area contributed by atoms with Gasteiger partial charge in [-0.3, -0.25) is 4.79 Å². The van der Waals surface area contributed by atoms with Gasteiger partial charge in [0.2, 0.25) is 13.9 Å². The van der Waals surface area contributed by atoms with Gasteiger partial charge in [0.1, 0.15) is 5.82 Å². The molecule has 3 aromatic rings. The van der Waals surface area contributed by atoms with Crippen LogP contribution in [-0.4, -0.2) is 29.2 Å². The Labute approximate surface area is 198 Å². The number of aromatic nitrogens is 1. The van der Waals surface area contributed by atoms with Gasteiger partial charge in [0.25, 0.3) is 0 Å². The van der Waals surface area contributed by atoms with Crippen LogP contribution in [0.4, 0.5) is 10.1 Å². The summed E-state index contributed by atoms with van der Waals surface area (Å²) in [6.45, 7) is 5.13. The molecule has 0 saturated carbocycles. The molecule has 0 bridgehead atoms. The Bertz CT molecular complexity index is 1110. The van der Waals surface area contributed by atoms with Crippen molar-refractivity contribution in [3.8, 4) is 11.3 Å². The molecule has 2 heterocycles. The molecule has 1 aliphatic rings. The zero-order valence-electron chi connectivity index (χ0n) is 19.3. The molecule has 181 valence electrons. The second-order valence-electron chi connectivity index (χ2n) is 8.94. The predicted molar refractivity (Wildman–Crippen MR) is 128 cm³/mol. The van der Waals surface area contributed by atoms with Crippen molar-refractivity contribution >= 4 is 19.5 Å². The molecule has 7 nitrogen and oxygen atoms in total. The van der Waals surface area contributed by atoms with Gasteiger partial charge in [-0.1, -0.05) is 31.1 Å². The molecule has 9 heteroatoms. The molecule has 34 heavy (non-hydrogen) atoms. The second-order valence-corrected chi connectivity index (χ2v) is 11.0. The molecule has 1 radical (unpaired) electrons. The van der Waals surface area contributed by atoms with Gasteiger partial charge in [-0.25, -0.2) is 4.39 Å². The molecule has 0 spiro atoms. The van der Waals surface area contributed by atoms with Gasteiger partial charge in [0, 0.05) is 28.7 Å². The molecule has 0 aliphatic carbocycles. The van der Waals surface area contributed by atoms with Crippen molar-refractivity contribution in [3.05, 3.63) is 71.7 Å². The summed E-state index contributed by atoms with van der Waals surface area (Å²) in [7, 11) is -2.92. The van der Waals surface area contributed by atoms with Gasteiger partial charge in [0.05, 0.1) is 25.6 Å². The maximum atomic E-state index is 13.2. The number of nitrogens with one attached hydrogen (secondary N) is 1. The quantitative estimate of drug-likeness (QED) is 0.392. The monoisotopic (exact) mass is 487 g/mol. The molecule has 4 rings (SSSR count). The van der Waals surface area contributed by atoms with Crippen LogP contribution < -0.4 is 5.32 Å². The lowest BCUT2D eigenvalue weighted by molar-refractivity contribution is -0.116. The molecule has 1 aliphatic heterocycles. The van der Waals surface area contributed by atoms with Gasteiger partial charge in [-0.2, -0.15) is 0 Å². The van der Waals surface area contributed by atoms with Crippen molar-refractivity contribution in [1.82, 2.24) is 5.16 Å². The number of halogens is 1. The fraction of sp³-hybridized carbons (Fsp3) is 0.360. The lowest BCUT2D eigenvalue weighted by Gasteiger charge is -2.41. The first-order valence-electron chi connectivity index (χ1n) is 11.3. The summed E-state index contributed by atoms with van der Waals surface area (Å²) in [6, 6.07) is 13.2. The number of rotatable bonds is 8. The highest BCUT2D eigenvalue weighted by Gasteiger charge is 2.39. The van der Waals surface area contributed by atoms with Gasteiger partial charge in [0.15, 0.2) is 5.76 Å². The zero-order chi connectivity index (χ0) is 24.2. The molecule has 0 atom stereocenters. The van der Waals surface area contributed by atoms with Crippen LogP contribution in [0.25, 0.3) is 11.3 Å². The number of amides is 1. The molecule has 2 N–H and O–H groups in total. The fourth-order valence-corrected chi connectivity index (χ4v) is 5.52. The second kappa shape index (κ2) is 10.3. The number of benzene rings is 2. The predicted octanol–water partition coefficient (Wildman–Crippen LogP) is 5.77. The Morgan fingerprint density at radius 1 is 1.15 bits per heavy atom. The number of hydrogen-bond acceptors (Lipinski definition) is 6. The van der Waals surface area contributed by atoms with Crippen molar-refractivity contribution < 1.29 is 27.6 Å². The van der Waals surface area contributed by atoms with E-state index in [-0.39, 0.29) is 23.6 Å². The van der Waals surface area contributed by atoms with Gasteiger partial charge < -0.3 is 23.8 Å². The van der Waals surface area contributed by atoms with Crippen LogP contribution >= 0.6 is 7.94 Å². The summed E-state index contributed by atoms with van der Waals surface area (Å²) in [5.41, 5.74) is 2.96. The number of carbonyl (C=O) groups is 1. The highest BCUT2D eigenvalue weighted by atomic mass is 31.2. The Kier molecular flexibility index (Phi) is 7.43. The first-order valence-corrected chi connectivity index (χ1v) is 13.0. The summed E-state index contributed by atoms with van der Waals surface area (Å²) in [4.78, 5) is 23.2. The lowest BCUT2D eigenvalue weighted by atomic mass is 9.90. The van der Waals surface area contributed by atoms with E-state index in [0.717, 1.165) is 17.5 Å². The first-order chi connectivity index (χ1) is 16.3. The summed E-state index contributed by atoms with van der Waals surface area (Å²) in [5, 5.41) is 6.69. The largest absolute Gasteiger partial charge is 0.356 e. The Morgan fingerprint density at radius 3 is 2.47 bits per heavy atom. The first kappa shape index (κ1) is 24.5. The van der Waals surface area contributed by atoms with E-state index in [0.29, 0.717) is 42.8 Å². The molecular formula is C25H29FN2O5P. The van der Waals surface area contributed by atoms with E-state index in [1.165, 1.54) is 12.1 Å². The van der Waals surface area contributed by atoms with E-state index in [2.05, 4.69) is 24.3 Å². The third kappa shape index (κ3) is 6.07. The van der Waals surface area contributed by atoms with Crippen molar-refractivity contribution in [3.63, 3.8) is 0 Å². The smallest absolute Gasteiger partial charge is 0.235 e. The molecule has 0 unspecified atom stereocenters. The van der Waals surface area contributed by atoms with Crippen molar-refractivity contribution in [1.29, 1.82) is 0 Å². The minimum absolute atomic E-state index is 0.0628. The van der Waals surface area contributed by atoms with Gasteiger partial charge in [-0.15, -0.1) is 0 Å². The number of nitrogens with zero attached hydrogens (tertiary/aromatic N) is 1. The highest BCUT2D eigenvalue weighted by molar-refractivity contribution is 7.59. The van der Waals surface area contributed by atoms with Crippen LogP contribution in [0.1, 0.15) is 37.8 Å². The van der Waals surface area contributed by atoms with E-state index in [9.17, 15) is 14.1 Å². The number of carbonyl (C=O) groups excluding carboxylic acids is 1. The van der Waals surface area contributed by atoms with Gasteiger partial charge >= 0.3 is 0 Å². The Balaban J connectivity index is 1.29. The van der Waals surface area contributed by atoms with Gasteiger partial charge in [-0.05, 0) is 54.8 Å². The van der Waals surface area contributed by atoms with E-state index in [1.807, 2.05) is 12.1 Å². The number of aryl methyl sites for hydroxylation is 1. The van der Waals surface area contributed by atoms with E-state index in [1.54, 1.807) is 30.5 Å². The number of hydrogen-bond donors (Lipinski definition) is 2. The average molecular weight is 487 g/mol. The Hall–Kier alpha value is -2.64. The maximum Gasteiger partial charge on any atom is 0.235 e. The van der Waals surface area contributed by atoms with Crippen LogP contribution in [0.3, 0.4) is 0 Å². The SMILES string of the molecule is CCC1(C)CO[P](O)(Cc2ccc(NC(=O)CCc3cnoc3-c3ccc(F)cc3)cc2)OC1. The molecule has 1 fully saturated rings. The van der Waals surface area contributed by atoms with Crippen LogP contribution in [0, 0.1) is 11.2 Å². The van der Waals surface area contributed by atoms with Crippen molar-refractivity contribution in [2.24, 2.45) is 5.41 Å². The summed E-state index contributed by atoms with van der Waals surface area (Å²) in [6.07, 6.45) is 3.48. The summed E-state index contributed by atoms with van der Waals surface area (Å²) >= 11 is 0. The normalized spacial score (nSPS) is 22.5. The topological polar surface area (TPSA) is 93.8 Å². The molecule has 2 aromatic carbocycles. The summed E-state index contributed by atoms with van der Waals surface area (Å²) in [5.74, 6) is 0.0530. The average Bonchev–Trinajstić information content (AvgIpc) is 3.30. The summed E-state index contributed by atoms with van der Waals surface area (Å²) < 4.78 is 29.9.